The van der Waals surface area contributed by atoms with Gasteiger partial charge in [0.1, 0.15) is 0 Å². The molecule has 0 saturated heterocycles. The second-order valence-corrected chi connectivity index (χ2v) is 5.46. The second kappa shape index (κ2) is 51.3. The number of nitrogens with two attached hydrogens (primary N) is 6. The predicted octanol–water partition coefficient (Wildman–Crippen LogP) is -11.5. The molecule has 0 aromatic rings. The molecule has 12 N–H and O–H groups in total. The fourth-order valence-electron chi connectivity index (χ4n) is 0.612. The molecule has 0 aliphatic heterocycles. The summed E-state index contributed by atoms with van der Waals surface area (Å²) in [6.07, 6.45) is -2.82. The summed E-state index contributed by atoms with van der Waals surface area (Å²) in [4.78, 5) is 57.0. The normalized spacial score (nSPS) is 7.74. The minimum atomic E-state index is -1.37. The summed E-state index contributed by atoms with van der Waals surface area (Å²) in [5.41, 5.74) is 29.4. The molecular formula is C18H36Co2N6O12. The van der Waals surface area contributed by atoms with Crippen molar-refractivity contribution in [2.24, 2.45) is 34.4 Å². The summed E-state index contributed by atoms with van der Waals surface area (Å²) in [5.74, 6) is -8.20. The van der Waals surface area contributed by atoms with E-state index in [0.29, 0.717) is 39.3 Å². The summed E-state index contributed by atoms with van der Waals surface area (Å²) >= 11 is 0. The summed E-state index contributed by atoms with van der Waals surface area (Å²) < 4.78 is 0. The van der Waals surface area contributed by atoms with Crippen molar-refractivity contribution in [1.82, 2.24) is 0 Å². The standard InChI is InChI=1S/3C4H6O4.3C2H8N2.2Co/c3*5-3(6)1-2-4(7)8;3*3-1-2-4;;/h3*1-2H2,(H,5,6)(H,7,8);3*1-4H2;;/q;;;;;;2*+3/p-6. The minimum absolute atomic E-state index is 0. The molecule has 0 saturated carbocycles. The van der Waals surface area contributed by atoms with Crippen molar-refractivity contribution in [1.29, 1.82) is 0 Å². The van der Waals surface area contributed by atoms with E-state index in [9.17, 15) is 59.4 Å². The SMILES string of the molecule is NCCN.NCCN.NCCN.O=C([O-])CCC(=O)[O-].O=C([O-])CCC(=O)[O-].O=C([O-])CCC(=O)[O-].[Co+3].[Co+3]. The Labute approximate surface area is 240 Å². The number of aliphatic carboxylic acids is 6. The molecule has 0 aliphatic carbocycles. The van der Waals surface area contributed by atoms with Crippen LogP contribution in [0.1, 0.15) is 38.5 Å². The van der Waals surface area contributed by atoms with Crippen LogP contribution in [-0.4, -0.2) is 75.1 Å². The van der Waals surface area contributed by atoms with E-state index in [1.807, 2.05) is 0 Å². The Morgan fingerprint density at radius 1 is 0.316 bits per heavy atom. The third-order valence-corrected chi connectivity index (χ3v) is 2.10. The van der Waals surface area contributed by atoms with Crippen LogP contribution in [0.3, 0.4) is 0 Å². The van der Waals surface area contributed by atoms with E-state index in [0.717, 1.165) is 0 Å². The van der Waals surface area contributed by atoms with E-state index in [1.54, 1.807) is 0 Å². The summed E-state index contributed by atoms with van der Waals surface area (Å²) in [5, 5.41) is 57.0. The van der Waals surface area contributed by atoms with E-state index < -0.39 is 74.3 Å². The number of hydrogen-bond donors (Lipinski definition) is 6. The largest absolute Gasteiger partial charge is 3.00 e. The third kappa shape index (κ3) is 147. The molecule has 20 heteroatoms. The van der Waals surface area contributed by atoms with Crippen LogP contribution in [0.4, 0.5) is 0 Å². The van der Waals surface area contributed by atoms with Gasteiger partial charge in [0.25, 0.3) is 0 Å². The first kappa shape index (κ1) is 55.9. The van der Waals surface area contributed by atoms with E-state index >= 15 is 0 Å². The van der Waals surface area contributed by atoms with Crippen molar-refractivity contribution in [3.05, 3.63) is 0 Å². The maximum atomic E-state index is 9.50. The number of carbonyl (C=O) groups excluding carboxylic acids is 6. The van der Waals surface area contributed by atoms with Gasteiger partial charge in [0, 0.05) is 75.1 Å². The Bertz CT molecular complexity index is 452. The zero-order chi connectivity index (χ0) is 29.9. The molecule has 0 aliphatic rings. The van der Waals surface area contributed by atoms with Gasteiger partial charge < -0.3 is 93.8 Å². The Balaban J connectivity index is -0.0000000482. The van der Waals surface area contributed by atoms with Crippen LogP contribution >= 0.6 is 0 Å². The van der Waals surface area contributed by atoms with Gasteiger partial charge in [-0.2, -0.15) is 0 Å². The van der Waals surface area contributed by atoms with Crippen LogP contribution in [0.15, 0.2) is 0 Å². The van der Waals surface area contributed by atoms with Gasteiger partial charge >= 0.3 is 33.6 Å². The Morgan fingerprint density at radius 2 is 0.395 bits per heavy atom. The molecule has 0 amide bonds. The van der Waals surface area contributed by atoms with Gasteiger partial charge in [0.05, 0.1) is 0 Å². The van der Waals surface area contributed by atoms with Crippen molar-refractivity contribution in [3.63, 3.8) is 0 Å². The monoisotopic (exact) mass is 646 g/mol. The number of carboxylic acid groups (broad SMARTS) is 6. The van der Waals surface area contributed by atoms with Gasteiger partial charge in [-0.05, 0) is 38.5 Å². The number of hydrogen-bond acceptors (Lipinski definition) is 18. The van der Waals surface area contributed by atoms with Crippen molar-refractivity contribution < 1.29 is 93.0 Å². The molecule has 38 heavy (non-hydrogen) atoms. The van der Waals surface area contributed by atoms with E-state index in [4.69, 9.17) is 34.4 Å². The predicted molar refractivity (Wildman–Crippen MR) is 112 cm³/mol. The fraction of sp³-hybridized carbons (Fsp3) is 0.667. The summed E-state index contributed by atoms with van der Waals surface area (Å²) in [7, 11) is 0. The molecule has 0 aromatic carbocycles. The molecule has 0 aromatic heterocycles. The molecule has 0 spiro atoms. The van der Waals surface area contributed by atoms with Crippen molar-refractivity contribution in [3.8, 4) is 0 Å². The number of carboxylic acids is 6. The van der Waals surface area contributed by atoms with Crippen LogP contribution in [0, 0.1) is 0 Å². The Hall–Kier alpha value is -2.41. The van der Waals surface area contributed by atoms with E-state index in [2.05, 4.69) is 0 Å². The number of rotatable bonds is 12. The molecule has 0 fully saturated rings. The van der Waals surface area contributed by atoms with Crippen LogP contribution in [0.5, 0.6) is 0 Å². The Morgan fingerprint density at radius 3 is 0.421 bits per heavy atom. The van der Waals surface area contributed by atoms with Gasteiger partial charge in [0.2, 0.25) is 0 Å². The van der Waals surface area contributed by atoms with Gasteiger partial charge in [-0.25, -0.2) is 0 Å². The van der Waals surface area contributed by atoms with Gasteiger partial charge in [-0.1, -0.05) is 0 Å². The zero-order valence-corrected chi connectivity index (χ0v) is 22.6. The van der Waals surface area contributed by atoms with Crippen molar-refractivity contribution in [2.45, 2.75) is 38.5 Å². The van der Waals surface area contributed by atoms with E-state index in [-0.39, 0.29) is 33.6 Å². The average molecular weight is 646 g/mol. The maximum Gasteiger partial charge on any atom is 3.00 e. The fourth-order valence-corrected chi connectivity index (χ4v) is 0.612. The van der Waals surface area contributed by atoms with Crippen LogP contribution in [0.25, 0.3) is 0 Å². The topological polar surface area (TPSA) is 397 Å². The smallest absolute Gasteiger partial charge is 0.550 e. The average Bonchev–Trinajstić information content (AvgIpc) is 2.81. The molecular weight excluding hydrogens is 610 g/mol. The van der Waals surface area contributed by atoms with Crippen LogP contribution < -0.4 is 65.0 Å². The second-order valence-electron chi connectivity index (χ2n) is 5.46. The van der Waals surface area contributed by atoms with Gasteiger partial charge in [-0.3, -0.25) is 0 Å². The molecule has 0 bridgehead atoms. The third-order valence-electron chi connectivity index (χ3n) is 2.10. The van der Waals surface area contributed by atoms with Gasteiger partial charge in [0.15, 0.2) is 0 Å². The van der Waals surface area contributed by atoms with Crippen molar-refractivity contribution >= 4 is 35.8 Å². The summed E-state index contributed by atoms with van der Waals surface area (Å²) in [6.45, 7) is 3.58. The molecule has 228 valence electrons. The molecule has 0 unspecified atom stereocenters. The first-order chi connectivity index (χ1) is 16.6. The molecule has 0 radical (unpaired) electrons. The number of carbonyl (C=O) groups is 6. The maximum absolute atomic E-state index is 9.50. The molecule has 0 atom stereocenters. The molecule has 18 nitrogen and oxygen atoms in total. The molecule has 0 heterocycles. The van der Waals surface area contributed by atoms with Crippen LogP contribution in [-0.2, 0) is 62.3 Å². The first-order valence-corrected chi connectivity index (χ1v) is 10.0. The van der Waals surface area contributed by atoms with Crippen LogP contribution in [0.2, 0.25) is 0 Å². The van der Waals surface area contributed by atoms with E-state index in [1.165, 1.54) is 0 Å². The quantitative estimate of drug-likeness (QED) is 0.115. The summed E-state index contributed by atoms with van der Waals surface area (Å²) in [6, 6.07) is 0. The molecule has 0 rings (SSSR count). The Kier molecular flexibility index (Phi) is 75.5. The van der Waals surface area contributed by atoms with Gasteiger partial charge in [-0.15, -0.1) is 0 Å². The van der Waals surface area contributed by atoms with Crippen molar-refractivity contribution in [2.75, 3.05) is 39.3 Å². The zero-order valence-electron chi connectivity index (χ0n) is 20.5. The minimum Gasteiger partial charge on any atom is -0.550 e. The first-order valence-electron chi connectivity index (χ1n) is 10.0.